The minimum Gasteiger partial charge on any atom is -0.493 e. The van der Waals surface area contributed by atoms with Crippen molar-refractivity contribution in [3.8, 4) is 11.5 Å². The number of esters is 1. The summed E-state index contributed by atoms with van der Waals surface area (Å²) in [6.45, 7) is 3.46. The first-order valence-corrected chi connectivity index (χ1v) is 18.8. The second kappa shape index (κ2) is 15.4. The van der Waals surface area contributed by atoms with E-state index in [0.717, 1.165) is 60.3 Å². The molecule has 7 rings (SSSR count). The summed E-state index contributed by atoms with van der Waals surface area (Å²) in [6.07, 6.45) is 5.36. The molecule has 2 aliphatic heterocycles. The molecule has 0 radical (unpaired) electrons. The van der Waals surface area contributed by atoms with Crippen LogP contribution < -0.4 is 9.47 Å². The number of fused-ring (bicyclic) bond motifs is 1. The Kier molecular flexibility index (Phi) is 10.8. The van der Waals surface area contributed by atoms with Gasteiger partial charge in [-0.05, 0) is 91.2 Å². The zero-order valence-corrected chi connectivity index (χ0v) is 29.6. The second-order valence-electron chi connectivity index (χ2n) is 13.2. The number of rotatable bonds is 9. The number of piperidine rings is 1. The predicted octanol–water partition coefficient (Wildman–Crippen LogP) is 6.92. The van der Waals surface area contributed by atoms with Crippen LogP contribution in [0.2, 0.25) is 0 Å². The van der Waals surface area contributed by atoms with Gasteiger partial charge in [-0.2, -0.15) is 0 Å². The first kappa shape index (κ1) is 35.1. The molecule has 50 heavy (non-hydrogen) atoms. The summed E-state index contributed by atoms with van der Waals surface area (Å²) in [5.74, 6) is 2.03. The van der Waals surface area contributed by atoms with Crippen molar-refractivity contribution in [2.75, 3.05) is 40.2 Å². The lowest BCUT2D eigenvalue weighted by Crippen LogP contribution is -2.34. The molecule has 260 valence electrons. The number of hydrogen-bond acceptors (Lipinski definition) is 8. The van der Waals surface area contributed by atoms with E-state index in [9.17, 15) is 18.0 Å². The SMILES string of the molecule is COc1cc2c(cc1OC)C(=O)C(CC1CCN(Cc3ccccc3)CC1)C2.CS(=O)(=O)c1ccc(C2=C(c3ccccc3)C(=O)OC2)cc1. The van der Waals surface area contributed by atoms with E-state index < -0.39 is 9.84 Å². The first-order valence-electron chi connectivity index (χ1n) is 17.0. The number of sulfone groups is 1. The summed E-state index contributed by atoms with van der Waals surface area (Å²) in [4.78, 5) is 27.7. The zero-order valence-electron chi connectivity index (χ0n) is 28.8. The van der Waals surface area contributed by atoms with Crippen LogP contribution in [0.5, 0.6) is 11.5 Å². The number of benzene rings is 4. The van der Waals surface area contributed by atoms with Crippen LogP contribution in [0, 0.1) is 11.8 Å². The maximum atomic E-state index is 12.9. The highest BCUT2D eigenvalue weighted by Gasteiger charge is 2.34. The summed E-state index contributed by atoms with van der Waals surface area (Å²) < 4.78 is 39.0. The first-order chi connectivity index (χ1) is 24.1. The molecule has 2 heterocycles. The molecule has 0 aromatic heterocycles. The normalized spacial score (nSPS) is 17.9. The van der Waals surface area contributed by atoms with E-state index in [0.29, 0.717) is 23.0 Å². The lowest BCUT2D eigenvalue weighted by molar-refractivity contribution is -0.133. The lowest BCUT2D eigenvalue weighted by atomic mass is 9.85. The van der Waals surface area contributed by atoms with E-state index in [-0.39, 0.29) is 29.2 Å². The van der Waals surface area contributed by atoms with Gasteiger partial charge in [0.1, 0.15) is 6.61 Å². The fraction of sp³-hybridized carbons (Fsp3) is 0.317. The Hall–Kier alpha value is -4.73. The molecule has 1 fully saturated rings. The predicted molar refractivity (Wildman–Crippen MR) is 194 cm³/mol. The average molecular weight is 694 g/mol. The quantitative estimate of drug-likeness (QED) is 0.174. The van der Waals surface area contributed by atoms with Gasteiger partial charge < -0.3 is 14.2 Å². The molecule has 0 amide bonds. The summed E-state index contributed by atoms with van der Waals surface area (Å²) in [6, 6.07) is 30.3. The van der Waals surface area contributed by atoms with Crippen molar-refractivity contribution in [3.05, 3.63) is 125 Å². The molecule has 3 aliphatic rings. The number of ketones is 1. The third-order valence-corrected chi connectivity index (χ3v) is 11.0. The Morgan fingerprint density at radius 3 is 2.04 bits per heavy atom. The zero-order chi connectivity index (χ0) is 35.3. The van der Waals surface area contributed by atoms with E-state index in [4.69, 9.17) is 14.2 Å². The molecule has 0 spiro atoms. The van der Waals surface area contributed by atoms with Crippen LogP contribution in [0.1, 0.15) is 51.9 Å². The largest absolute Gasteiger partial charge is 0.493 e. The van der Waals surface area contributed by atoms with Crippen molar-refractivity contribution in [1.29, 1.82) is 0 Å². The van der Waals surface area contributed by atoms with Crippen LogP contribution in [0.3, 0.4) is 0 Å². The monoisotopic (exact) mass is 693 g/mol. The molecular weight excluding hydrogens is 651 g/mol. The Morgan fingerprint density at radius 1 is 0.800 bits per heavy atom. The number of ether oxygens (including phenoxy) is 3. The number of cyclic esters (lactones) is 1. The minimum atomic E-state index is -3.23. The number of likely N-dealkylation sites (tertiary alicyclic amines) is 1. The number of hydrogen-bond donors (Lipinski definition) is 0. The van der Waals surface area contributed by atoms with Crippen LogP contribution in [-0.2, 0) is 32.3 Å². The van der Waals surface area contributed by atoms with E-state index in [2.05, 4.69) is 35.2 Å². The van der Waals surface area contributed by atoms with Gasteiger partial charge in [0.15, 0.2) is 27.1 Å². The molecule has 4 aromatic rings. The van der Waals surface area contributed by atoms with Gasteiger partial charge in [0.05, 0.1) is 24.7 Å². The summed E-state index contributed by atoms with van der Waals surface area (Å²) in [5, 5.41) is 0. The standard InChI is InChI=1S/C24H29NO3.C17H14O4S/c1-27-22-14-19-13-20(24(26)21(19)15-23(22)28-2)12-17-8-10-25(11-9-17)16-18-6-4-3-5-7-18;1-22(19,20)14-9-7-12(8-10-14)15-11-21-17(18)16(15)13-5-3-2-4-6-13/h3-7,14-15,17,20H,8-13,16H2,1-2H3;2-10H,11H2,1H3. The molecule has 4 aromatic carbocycles. The van der Waals surface area contributed by atoms with E-state index in [1.165, 1.54) is 24.7 Å². The van der Waals surface area contributed by atoms with Crippen LogP contribution in [0.4, 0.5) is 0 Å². The summed E-state index contributed by atoms with van der Waals surface area (Å²) in [5.41, 5.74) is 6.21. The highest BCUT2D eigenvalue weighted by atomic mass is 32.2. The summed E-state index contributed by atoms with van der Waals surface area (Å²) in [7, 11) is 0.0223. The van der Waals surface area contributed by atoms with Gasteiger partial charge in [-0.3, -0.25) is 9.69 Å². The molecule has 8 nitrogen and oxygen atoms in total. The highest BCUT2D eigenvalue weighted by Crippen LogP contribution is 2.40. The molecule has 1 unspecified atom stereocenters. The topological polar surface area (TPSA) is 99.2 Å². The molecule has 0 saturated carbocycles. The van der Waals surface area contributed by atoms with Crippen LogP contribution in [0.15, 0.2) is 102 Å². The fourth-order valence-corrected chi connectivity index (χ4v) is 7.78. The number of carbonyl (C=O) groups excluding carboxylic acids is 2. The van der Waals surface area contributed by atoms with Crippen molar-refractivity contribution in [3.63, 3.8) is 0 Å². The van der Waals surface area contributed by atoms with Crippen LogP contribution >= 0.6 is 0 Å². The Labute approximate surface area is 294 Å². The number of carbonyl (C=O) groups is 2. The minimum absolute atomic E-state index is 0.109. The van der Waals surface area contributed by atoms with Gasteiger partial charge in [0, 0.05) is 29.9 Å². The molecule has 1 atom stereocenters. The molecular formula is C41H43NO7S. The van der Waals surface area contributed by atoms with Gasteiger partial charge >= 0.3 is 5.97 Å². The van der Waals surface area contributed by atoms with Crippen molar-refractivity contribution >= 4 is 32.7 Å². The number of nitrogens with zero attached hydrogens (tertiary/aromatic N) is 1. The van der Waals surface area contributed by atoms with Gasteiger partial charge in [-0.1, -0.05) is 72.8 Å². The highest BCUT2D eigenvalue weighted by molar-refractivity contribution is 7.90. The summed E-state index contributed by atoms with van der Waals surface area (Å²) >= 11 is 0. The third-order valence-electron chi connectivity index (χ3n) is 9.83. The van der Waals surface area contributed by atoms with Gasteiger partial charge in [-0.15, -0.1) is 0 Å². The smallest absolute Gasteiger partial charge is 0.339 e. The second-order valence-corrected chi connectivity index (χ2v) is 15.2. The maximum absolute atomic E-state index is 12.9. The number of methoxy groups -OCH3 is 2. The molecule has 9 heteroatoms. The number of Topliss-reactive ketones (excluding diaryl/α,β-unsaturated/α-hetero) is 1. The van der Waals surface area contributed by atoms with Gasteiger partial charge in [0.2, 0.25) is 0 Å². The van der Waals surface area contributed by atoms with Crippen molar-refractivity contribution in [2.45, 2.75) is 37.1 Å². The van der Waals surface area contributed by atoms with Crippen molar-refractivity contribution in [1.82, 2.24) is 4.90 Å². The Bertz CT molecular complexity index is 1960. The van der Waals surface area contributed by atoms with Gasteiger partial charge in [-0.25, -0.2) is 13.2 Å². The average Bonchev–Trinajstić information content (AvgIpc) is 3.67. The van der Waals surface area contributed by atoms with E-state index >= 15 is 0 Å². The molecule has 0 bridgehead atoms. The van der Waals surface area contributed by atoms with Crippen LogP contribution in [0.25, 0.3) is 11.1 Å². The van der Waals surface area contributed by atoms with Gasteiger partial charge in [0.25, 0.3) is 0 Å². The van der Waals surface area contributed by atoms with Crippen molar-refractivity contribution < 1.29 is 32.2 Å². The van der Waals surface area contributed by atoms with E-state index in [1.807, 2.05) is 42.5 Å². The maximum Gasteiger partial charge on any atom is 0.339 e. The van der Waals surface area contributed by atoms with Crippen molar-refractivity contribution in [2.24, 2.45) is 11.8 Å². The molecule has 1 aliphatic carbocycles. The Morgan fingerprint density at radius 2 is 1.42 bits per heavy atom. The molecule has 1 saturated heterocycles. The molecule has 0 N–H and O–H groups in total. The fourth-order valence-electron chi connectivity index (χ4n) is 7.15. The van der Waals surface area contributed by atoms with Crippen LogP contribution in [-0.4, -0.2) is 65.2 Å². The van der Waals surface area contributed by atoms with E-state index in [1.54, 1.807) is 38.5 Å². The Balaban J connectivity index is 0.000000178. The third kappa shape index (κ3) is 8.01. The lowest BCUT2D eigenvalue weighted by Gasteiger charge is -2.32.